The summed E-state index contributed by atoms with van der Waals surface area (Å²) in [6.07, 6.45) is 0.286. The molecule has 0 aliphatic rings. The lowest BCUT2D eigenvalue weighted by Gasteiger charge is -2.18. The van der Waals surface area contributed by atoms with Crippen molar-refractivity contribution < 1.29 is 9.53 Å². The molecule has 2 nitrogen and oxygen atoms in total. The Balaban J connectivity index is 2.77. The zero-order valence-corrected chi connectivity index (χ0v) is 9.54. The topological polar surface area (TPSA) is 26.3 Å². The molecule has 15 heavy (non-hydrogen) atoms. The molecule has 81 valence electrons. The van der Waals surface area contributed by atoms with E-state index in [1.165, 1.54) is 5.56 Å². The van der Waals surface area contributed by atoms with Gasteiger partial charge >= 0.3 is 5.97 Å². The number of hydrogen-bond donors (Lipinski definition) is 0. The van der Waals surface area contributed by atoms with Crippen LogP contribution >= 0.6 is 0 Å². The molecule has 0 heterocycles. The van der Waals surface area contributed by atoms with Crippen molar-refractivity contribution in [2.24, 2.45) is 0 Å². The van der Waals surface area contributed by atoms with Crippen molar-refractivity contribution in [3.05, 3.63) is 42.5 Å². The molecular weight excluding hydrogens is 188 g/mol. The van der Waals surface area contributed by atoms with Crippen LogP contribution in [-0.2, 0) is 21.4 Å². The standard InChI is InChI=1S/C13H17O2/c1-13(2,3)11-7-5-10(6-8-11)9-12(14)15-4/h5-8H,4,9H2,1-3H3. The van der Waals surface area contributed by atoms with Gasteiger partial charge in [0.15, 0.2) is 0 Å². The average Bonchev–Trinajstić information content (AvgIpc) is 2.17. The third-order valence-corrected chi connectivity index (χ3v) is 2.33. The van der Waals surface area contributed by atoms with Crippen LogP contribution in [0.5, 0.6) is 0 Å². The number of rotatable bonds is 2. The van der Waals surface area contributed by atoms with Crippen molar-refractivity contribution in [3.63, 3.8) is 0 Å². The van der Waals surface area contributed by atoms with Gasteiger partial charge in [-0.1, -0.05) is 45.0 Å². The van der Waals surface area contributed by atoms with Crippen molar-refractivity contribution in [3.8, 4) is 0 Å². The van der Waals surface area contributed by atoms with Crippen LogP contribution in [0.2, 0.25) is 0 Å². The van der Waals surface area contributed by atoms with Crippen LogP contribution in [0.15, 0.2) is 24.3 Å². The smallest absolute Gasteiger partial charge is 0.310 e. The second kappa shape index (κ2) is 4.47. The third-order valence-electron chi connectivity index (χ3n) is 2.33. The molecule has 0 aromatic heterocycles. The molecule has 0 aliphatic carbocycles. The summed E-state index contributed by atoms with van der Waals surface area (Å²) in [5, 5.41) is 0. The molecule has 1 rings (SSSR count). The van der Waals surface area contributed by atoms with Gasteiger partial charge in [0.1, 0.15) is 7.11 Å². The van der Waals surface area contributed by atoms with Crippen LogP contribution in [0.25, 0.3) is 0 Å². The lowest BCUT2D eigenvalue weighted by atomic mass is 9.86. The first-order chi connectivity index (χ1) is 6.93. The first-order valence-corrected chi connectivity index (χ1v) is 4.98. The predicted molar refractivity (Wildman–Crippen MR) is 60.3 cm³/mol. The van der Waals surface area contributed by atoms with Crippen LogP contribution in [0, 0.1) is 7.11 Å². The highest BCUT2D eigenvalue weighted by Crippen LogP contribution is 2.22. The van der Waals surface area contributed by atoms with E-state index in [0.29, 0.717) is 0 Å². The summed E-state index contributed by atoms with van der Waals surface area (Å²) >= 11 is 0. The maximum absolute atomic E-state index is 11.0. The van der Waals surface area contributed by atoms with Gasteiger partial charge < -0.3 is 4.74 Å². The van der Waals surface area contributed by atoms with E-state index in [-0.39, 0.29) is 17.8 Å². The highest BCUT2D eigenvalue weighted by molar-refractivity contribution is 5.72. The lowest BCUT2D eigenvalue weighted by Crippen LogP contribution is -2.11. The normalized spacial score (nSPS) is 11.2. The molecule has 0 spiro atoms. The largest absolute Gasteiger partial charge is 0.462 e. The lowest BCUT2D eigenvalue weighted by molar-refractivity contribution is -0.137. The second-order valence-electron chi connectivity index (χ2n) is 4.64. The molecule has 1 aromatic rings. The SMILES string of the molecule is [CH2]OC(=O)Cc1ccc(C(C)(C)C)cc1. The molecule has 1 aromatic carbocycles. The molecule has 0 amide bonds. The summed E-state index contributed by atoms with van der Waals surface area (Å²) in [4.78, 5) is 11.0. The second-order valence-corrected chi connectivity index (χ2v) is 4.64. The Labute approximate surface area is 91.3 Å². The third kappa shape index (κ3) is 3.39. The zero-order valence-electron chi connectivity index (χ0n) is 9.54. The summed E-state index contributed by atoms with van der Waals surface area (Å²) < 4.78 is 4.36. The molecule has 0 aliphatic heterocycles. The quantitative estimate of drug-likeness (QED) is 0.694. The van der Waals surface area contributed by atoms with E-state index in [9.17, 15) is 4.79 Å². The van der Waals surface area contributed by atoms with E-state index >= 15 is 0 Å². The number of benzene rings is 1. The number of esters is 1. The Bertz CT molecular complexity index is 331. The number of carbonyl (C=O) groups is 1. The summed E-state index contributed by atoms with van der Waals surface area (Å²) in [6.45, 7) is 6.48. The maximum atomic E-state index is 11.0. The van der Waals surface area contributed by atoms with Gasteiger partial charge in [-0.25, -0.2) is 0 Å². The fraction of sp³-hybridized carbons (Fsp3) is 0.385. The molecule has 0 fully saturated rings. The maximum Gasteiger partial charge on any atom is 0.310 e. The number of ether oxygens (including phenoxy) is 1. The Hall–Kier alpha value is -1.31. The van der Waals surface area contributed by atoms with Crippen molar-refractivity contribution in [1.82, 2.24) is 0 Å². The first-order valence-electron chi connectivity index (χ1n) is 4.98. The van der Waals surface area contributed by atoms with Gasteiger partial charge in [0.25, 0.3) is 0 Å². The van der Waals surface area contributed by atoms with Gasteiger partial charge in [0.05, 0.1) is 6.42 Å². The molecule has 0 N–H and O–H groups in total. The fourth-order valence-electron chi connectivity index (χ4n) is 1.34. The highest BCUT2D eigenvalue weighted by Gasteiger charge is 2.13. The monoisotopic (exact) mass is 205 g/mol. The van der Waals surface area contributed by atoms with Crippen LogP contribution in [0.3, 0.4) is 0 Å². The minimum absolute atomic E-state index is 0.144. The molecule has 0 atom stereocenters. The van der Waals surface area contributed by atoms with Crippen LogP contribution in [0.4, 0.5) is 0 Å². The van der Waals surface area contributed by atoms with Crippen molar-refractivity contribution in [2.45, 2.75) is 32.6 Å². The van der Waals surface area contributed by atoms with Crippen molar-refractivity contribution >= 4 is 5.97 Å². The minimum Gasteiger partial charge on any atom is -0.462 e. The summed E-state index contributed by atoms with van der Waals surface area (Å²) in [6, 6.07) is 8.01. The average molecular weight is 205 g/mol. The van der Waals surface area contributed by atoms with E-state index in [1.54, 1.807) is 0 Å². The Morgan fingerprint density at radius 2 is 1.80 bits per heavy atom. The van der Waals surface area contributed by atoms with Gasteiger partial charge in [0, 0.05) is 0 Å². The Kier molecular flexibility index (Phi) is 3.51. The van der Waals surface area contributed by atoms with Gasteiger partial charge in [-0.05, 0) is 16.5 Å². The van der Waals surface area contributed by atoms with E-state index in [0.717, 1.165) is 5.56 Å². The van der Waals surface area contributed by atoms with E-state index in [2.05, 4.69) is 32.6 Å². The van der Waals surface area contributed by atoms with Gasteiger partial charge in [-0.2, -0.15) is 0 Å². The molecule has 0 unspecified atom stereocenters. The molecule has 2 heteroatoms. The minimum atomic E-state index is -0.307. The Morgan fingerprint density at radius 1 is 1.27 bits per heavy atom. The summed E-state index contributed by atoms with van der Waals surface area (Å²) in [5.74, 6) is -0.307. The van der Waals surface area contributed by atoms with E-state index in [4.69, 9.17) is 0 Å². The van der Waals surface area contributed by atoms with E-state index in [1.807, 2.05) is 24.3 Å². The van der Waals surface area contributed by atoms with Crippen molar-refractivity contribution in [2.75, 3.05) is 0 Å². The Morgan fingerprint density at radius 3 is 2.20 bits per heavy atom. The molecule has 1 radical (unpaired) electrons. The van der Waals surface area contributed by atoms with Crippen molar-refractivity contribution in [1.29, 1.82) is 0 Å². The van der Waals surface area contributed by atoms with Gasteiger partial charge in [-0.3, -0.25) is 4.79 Å². The summed E-state index contributed by atoms with van der Waals surface area (Å²) in [7, 11) is 3.09. The first kappa shape index (κ1) is 11.8. The van der Waals surface area contributed by atoms with Gasteiger partial charge in [-0.15, -0.1) is 0 Å². The summed E-state index contributed by atoms with van der Waals surface area (Å²) in [5.41, 5.74) is 2.36. The zero-order chi connectivity index (χ0) is 11.5. The molecule has 0 bridgehead atoms. The van der Waals surface area contributed by atoms with Gasteiger partial charge in [0.2, 0.25) is 0 Å². The molecular formula is C13H17O2. The molecule has 0 saturated carbocycles. The molecule has 0 saturated heterocycles. The van der Waals surface area contributed by atoms with Crippen LogP contribution in [-0.4, -0.2) is 5.97 Å². The van der Waals surface area contributed by atoms with Crippen LogP contribution < -0.4 is 0 Å². The van der Waals surface area contributed by atoms with Crippen LogP contribution in [0.1, 0.15) is 31.9 Å². The fourth-order valence-corrected chi connectivity index (χ4v) is 1.34. The predicted octanol–water partition coefficient (Wildman–Crippen LogP) is 2.86. The van der Waals surface area contributed by atoms with E-state index < -0.39 is 0 Å². The number of carbonyl (C=O) groups excluding carboxylic acids is 1. The highest BCUT2D eigenvalue weighted by atomic mass is 16.5. The number of hydrogen-bond acceptors (Lipinski definition) is 2.